The topological polar surface area (TPSA) is 34.4 Å². The first-order valence-electron chi connectivity index (χ1n) is 43.4. The third kappa shape index (κ3) is 10.7. The molecule has 19 aromatic rings. The molecule has 113 heavy (non-hydrogen) atoms. The summed E-state index contributed by atoms with van der Waals surface area (Å²) in [6.45, 7) is 26.9. The SMILES string of the molecule is [2H]c1c([2H])c([2H])c2c(c1[2H])c1c([2H])c([2H])c([2H])c([2H])c1n2-c1ccc2c(c1)N(c1cc(-c3ccccc3)cc3c1c1ccccc1n3-c1ccccc1)c1cc(-c3cc(C(C)(C)C)cc(C(C)(C)C)c3)cc3c1B2c1ccc(-n2c4ccc(C(C)(C)C)cc4c4cc(C(C)(C)C)ccc42)cc1N3c1cc(-c2ccccc2)cc2oc3ccccc3c12. The molecule has 0 atom stereocenters. The van der Waals surface area contributed by atoms with E-state index in [0.717, 1.165) is 150 Å². The fraction of sp³-hybridized carbons (Fsp3) is 0.151. The van der Waals surface area contributed by atoms with Gasteiger partial charge in [-0.25, -0.2) is 0 Å². The van der Waals surface area contributed by atoms with Crippen LogP contribution in [0.2, 0.25) is 0 Å². The molecule has 6 nitrogen and oxygen atoms in total. The molecule has 0 fully saturated rings. The molecule has 4 aromatic heterocycles. The van der Waals surface area contributed by atoms with Gasteiger partial charge in [0.1, 0.15) is 11.2 Å². The molecular weight excluding hydrogens is 1370 g/mol. The van der Waals surface area contributed by atoms with Gasteiger partial charge in [0.05, 0.1) is 60.8 Å². The van der Waals surface area contributed by atoms with Crippen molar-refractivity contribution in [2.75, 3.05) is 9.80 Å². The highest BCUT2D eigenvalue weighted by Gasteiger charge is 2.46. The lowest BCUT2D eigenvalue weighted by Gasteiger charge is -2.45. The Labute approximate surface area is 672 Å². The van der Waals surface area contributed by atoms with Gasteiger partial charge in [0.15, 0.2) is 0 Å². The number of fused-ring (bicyclic) bond motifs is 16. The van der Waals surface area contributed by atoms with E-state index in [-0.39, 0.29) is 55.6 Å². The normalized spacial score (nSPS) is 14.2. The Morgan fingerprint density at radius 2 is 0.690 bits per heavy atom. The van der Waals surface area contributed by atoms with E-state index in [4.69, 9.17) is 4.42 Å². The second kappa shape index (κ2) is 24.8. The summed E-state index contributed by atoms with van der Waals surface area (Å²) in [5.74, 6) is 0. The van der Waals surface area contributed by atoms with Crippen molar-refractivity contribution >= 4 is 145 Å². The summed E-state index contributed by atoms with van der Waals surface area (Å²) >= 11 is 0. The molecule has 0 amide bonds. The van der Waals surface area contributed by atoms with Gasteiger partial charge >= 0.3 is 0 Å². The Morgan fingerprint density at radius 3 is 1.23 bits per heavy atom. The van der Waals surface area contributed by atoms with Crippen molar-refractivity contribution in [3.63, 3.8) is 0 Å². The molecular formula is C106H88BN5O. The lowest BCUT2D eigenvalue weighted by Crippen LogP contribution is -2.61. The standard InChI is InChI=1S/C106H88BN5O/c1-103(2,3)71-44-50-89-82(61-71)83-62-72(104(4,5)6)45-51-90(83)110(89)77-47-49-85-92(64-77)112(95-56-70(66-32-18-14-19-33-66)59-99-101(95)81-39-25-29-43-98(81)113-99)97-58-69(67-52-73(105(7,8)9)60-74(53-67)106(10,11)12)57-96-102(97)107(85)84-48-46-76(109-86-40-26-22-36-78(86)79-37-23-27-41-87(79)109)63-91(84)111(96)94-55-68(65-30-16-13-17-31-65)54-93-100(94)80-38-24-28-42-88(80)108(93)75-34-20-15-21-35-75/h13-64H,1-12H3/i22D,23D,26D,27D,36D,37D,40D,41D. The molecule has 0 saturated carbocycles. The summed E-state index contributed by atoms with van der Waals surface area (Å²) < 4.78 is 90.4. The quantitative estimate of drug-likeness (QED) is 0.142. The van der Waals surface area contributed by atoms with Gasteiger partial charge in [-0.2, -0.15) is 0 Å². The van der Waals surface area contributed by atoms with Gasteiger partial charge in [0.2, 0.25) is 0 Å². The number of aromatic nitrogens is 3. The number of furan rings is 1. The van der Waals surface area contributed by atoms with Gasteiger partial charge in [-0.3, -0.25) is 0 Å². The van der Waals surface area contributed by atoms with Crippen LogP contribution in [0.15, 0.2) is 320 Å². The largest absolute Gasteiger partial charge is 0.456 e. The Kier molecular flexibility index (Phi) is 13.2. The minimum atomic E-state index is -0.562. The Hall–Kier alpha value is -12.8. The highest BCUT2D eigenvalue weighted by Crippen LogP contribution is 2.54. The smallest absolute Gasteiger partial charge is 0.252 e. The van der Waals surface area contributed by atoms with E-state index in [1.54, 1.807) is 4.57 Å². The molecule has 2 aliphatic heterocycles. The van der Waals surface area contributed by atoms with Gasteiger partial charge in [0.25, 0.3) is 6.71 Å². The van der Waals surface area contributed by atoms with Crippen LogP contribution >= 0.6 is 0 Å². The maximum Gasteiger partial charge on any atom is 0.252 e. The predicted octanol–water partition coefficient (Wildman–Crippen LogP) is 27.2. The molecule has 0 bridgehead atoms. The summed E-state index contributed by atoms with van der Waals surface area (Å²) in [4.78, 5) is 5.02. The highest BCUT2D eigenvalue weighted by atomic mass is 16.3. The third-order valence-corrected chi connectivity index (χ3v) is 24.0. The fourth-order valence-corrected chi connectivity index (χ4v) is 18.2. The molecule has 21 rings (SSSR count). The van der Waals surface area contributed by atoms with Crippen molar-refractivity contribution in [3.8, 4) is 50.4 Å². The molecule has 0 radical (unpaired) electrons. The molecule has 0 aliphatic carbocycles. The van der Waals surface area contributed by atoms with Crippen LogP contribution in [0.5, 0.6) is 0 Å². The molecule has 0 unspecified atom stereocenters. The molecule has 0 spiro atoms. The van der Waals surface area contributed by atoms with Crippen LogP contribution in [0.1, 0.15) is 116 Å². The first kappa shape index (κ1) is 60.0. The van der Waals surface area contributed by atoms with E-state index in [9.17, 15) is 11.0 Å². The monoisotopic (exact) mass is 1470 g/mol. The van der Waals surface area contributed by atoms with Crippen molar-refractivity contribution in [2.24, 2.45) is 0 Å². The average molecular weight is 1470 g/mol. The molecule has 2 aliphatic rings. The number of para-hydroxylation sites is 5. The molecule has 15 aromatic carbocycles. The van der Waals surface area contributed by atoms with Crippen LogP contribution in [0.25, 0.3) is 138 Å². The first-order valence-corrected chi connectivity index (χ1v) is 39.4. The number of rotatable bonds is 8. The predicted molar refractivity (Wildman–Crippen MR) is 482 cm³/mol. The van der Waals surface area contributed by atoms with Gasteiger partial charge in [-0.1, -0.05) is 277 Å². The molecule has 0 saturated heterocycles. The van der Waals surface area contributed by atoms with Gasteiger partial charge in [-0.15, -0.1) is 0 Å². The molecule has 546 valence electrons. The van der Waals surface area contributed by atoms with Crippen LogP contribution in [-0.4, -0.2) is 20.4 Å². The zero-order valence-corrected chi connectivity index (χ0v) is 65.6. The zero-order chi connectivity index (χ0) is 83.8. The first-order chi connectivity index (χ1) is 57.9. The van der Waals surface area contributed by atoms with E-state index in [2.05, 4.69) is 357 Å². The minimum absolute atomic E-state index is 0.000734. The van der Waals surface area contributed by atoms with E-state index in [0.29, 0.717) is 5.69 Å². The second-order valence-electron chi connectivity index (χ2n) is 35.2. The van der Waals surface area contributed by atoms with Crippen molar-refractivity contribution in [1.82, 2.24) is 13.7 Å². The van der Waals surface area contributed by atoms with Crippen molar-refractivity contribution in [2.45, 2.75) is 105 Å². The van der Waals surface area contributed by atoms with E-state index >= 15 is 0 Å². The fourth-order valence-electron chi connectivity index (χ4n) is 18.2. The van der Waals surface area contributed by atoms with E-state index in [1.807, 2.05) is 12.1 Å². The lowest BCUT2D eigenvalue weighted by atomic mass is 9.33. The molecule has 0 N–H and O–H groups in total. The van der Waals surface area contributed by atoms with Gasteiger partial charge < -0.3 is 27.9 Å². The number of hydrogen-bond donors (Lipinski definition) is 0. The number of hydrogen-bond acceptors (Lipinski definition) is 3. The average Bonchev–Trinajstić information content (AvgIpc) is 1.55. The molecule has 7 heteroatoms. The van der Waals surface area contributed by atoms with Gasteiger partial charge in [-0.05, 0) is 215 Å². The zero-order valence-electron chi connectivity index (χ0n) is 73.6. The van der Waals surface area contributed by atoms with Crippen LogP contribution < -0.4 is 26.2 Å². The Balaban J connectivity index is 0.979. The van der Waals surface area contributed by atoms with Crippen LogP contribution in [0.4, 0.5) is 34.1 Å². The summed E-state index contributed by atoms with van der Waals surface area (Å²) in [6.07, 6.45) is 0. The van der Waals surface area contributed by atoms with Crippen LogP contribution in [0, 0.1) is 0 Å². The van der Waals surface area contributed by atoms with Gasteiger partial charge in [0, 0.05) is 77.5 Å². The van der Waals surface area contributed by atoms with Crippen molar-refractivity contribution in [3.05, 3.63) is 338 Å². The van der Waals surface area contributed by atoms with Crippen LogP contribution in [-0.2, 0) is 21.7 Å². The maximum absolute atomic E-state index is 10.00. The molecule has 6 heterocycles. The second-order valence-corrected chi connectivity index (χ2v) is 35.2. The summed E-state index contributed by atoms with van der Waals surface area (Å²) in [5, 5.41) is 6.21. The summed E-state index contributed by atoms with van der Waals surface area (Å²) in [6, 6.07) is 93.9. The number of nitrogens with zero attached hydrogens (tertiary/aromatic N) is 5. The Bertz CT molecular complexity index is 7500. The number of anilines is 6. The number of benzene rings is 15. The van der Waals surface area contributed by atoms with E-state index < -0.39 is 43.0 Å². The minimum Gasteiger partial charge on any atom is -0.456 e. The summed E-state index contributed by atoms with van der Waals surface area (Å²) in [7, 11) is 0. The van der Waals surface area contributed by atoms with Crippen molar-refractivity contribution < 1.29 is 15.4 Å². The van der Waals surface area contributed by atoms with Crippen LogP contribution in [0.3, 0.4) is 0 Å². The summed E-state index contributed by atoms with van der Waals surface area (Å²) in [5.41, 5.74) is 26.1. The third-order valence-electron chi connectivity index (χ3n) is 24.0. The Morgan fingerprint density at radius 1 is 0.265 bits per heavy atom. The maximum atomic E-state index is 10.00. The van der Waals surface area contributed by atoms with Crippen molar-refractivity contribution in [1.29, 1.82) is 0 Å². The highest BCUT2D eigenvalue weighted by molar-refractivity contribution is 7.00. The lowest BCUT2D eigenvalue weighted by molar-refractivity contribution is 0.569. The van der Waals surface area contributed by atoms with E-state index in [1.165, 1.54) is 33.0 Å².